The molecule has 0 bridgehead atoms. The molecule has 0 radical (unpaired) electrons. The maximum atomic E-state index is 11.6. The van der Waals surface area contributed by atoms with Crippen LogP contribution in [-0.2, 0) is 4.79 Å². The van der Waals surface area contributed by atoms with Crippen molar-refractivity contribution < 1.29 is 4.79 Å². The van der Waals surface area contributed by atoms with Gasteiger partial charge in [-0.25, -0.2) is 0 Å². The fourth-order valence-electron chi connectivity index (χ4n) is 1.71. The van der Waals surface area contributed by atoms with Gasteiger partial charge in [-0.1, -0.05) is 0 Å². The van der Waals surface area contributed by atoms with Crippen molar-refractivity contribution in [1.82, 2.24) is 10.2 Å². The van der Waals surface area contributed by atoms with Crippen LogP contribution in [0.15, 0.2) is 16.8 Å². The number of thioether (sulfide) groups is 1. The maximum absolute atomic E-state index is 11.6. The Morgan fingerprint density at radius 2 is 2.60 bits per heavy atom. The molecule has 1 aliphatic rings. The number of carbonyl (C=O) groups is 1. The lowest BCUT2D eigenvalue weighted by Crippen LogP contribution is -2.31. The Bertz CT molecular complexity index is 326. The first-order chi connectivity index (χ1) is 7.33. The summed E-state index contributed by atoms with van der Waals surface area (Å²) in [4.78, 5) is 13.6. The Hall–Kier alpha value is -0.520. The quantitative estimate of drug-likeness (QED) is 0.869. The van der Waals surface area contributed by atoms with E-state index in [4.69, 9.17) is 0 Å². The van der Waals surface area contributed by atoms with Crippen LogP contribution in [0.2, 0.25) is 0 Å². The van der Waals surface area contributed by atoms with E-state index in [0.29, 0.717) is 6.54 Å². The van der Waals surface area contributed by atoms with Crippen molar-refractivity contribution >= 4 is 29.0 Å². The Kier molecular flexibility index (Phi) is 3.66. The molecule has 1 fully saturated rings. The summed E-state index contributed by atoms with van der Waals surface area (Å²) in [5.41, 5.74) is 1.20. The molecule has 1 aromatic rings. The molecule has 0 saturated carbocycles. The van der Waals surface area contributed by atoms with Crippen LogP contribution >= 0.6 is 23.1 Å². The summed E-state index contributed by atoms with van der Waals surface area (Å²) >= 11 is 3.44. The van der Waals surface area contributed by atoms with Gasteiger partial charge in [-0.2, -0.15) is 23.1 Å². The summed E-state index contributed by atoms with van der Waals surface area (Å²) in [5, 5.41) is 7.39. The van der Waals surface area contributed by atoms with E-state index in [-0.39, 0.29) is 12.1 Å². The van der Waals surface area contributed by atoms with Crippen molar-refractivity contribution in [2.75, 3.05) is 25.1 Å². The predicted octanol–water partition coefficient (Wildman–Crippen LogP) is 1.54. The summed E-state index contributed by atoms with van der Waals surface area (Å²) in [6, 6.07) is 2.08. The smallest absolute Gasteiger partial charge is 0.238 e. The monoisotopic (exact) mass is 242 g/mol. The summed E-state index contributed by atoms with van der Waals surface area (Å²) in [6.45, 7) is 1.29. The number of nitrogens with one attached hydrogen (secondary N) is 1. The molecule has 15 heavy (non-hydrogen) atoms. The molecule has 1 atom stereocenters. The normalized spacial score (nSPS) is 21.3. The van der Waals surface area contributed by atoms with Gasteiger partial charge < -0.3 is 4.90 Å². The number of thiophene rings is 1. The zero-order chi connectivity index (χ0) is 10.7. The van der Waals surface area contributed by atoms with E-state index < -0.39 is 0 Å². The predicted molar refractivity (Wildman–Crippen MR) is 65.2 cm³/mol. The minimum absolute atomic E-state index is 0.0934. The van der Waals surface area contributed by atoms with Crippen LogP contribution in [0.4, 0.5) is 0 Å². The first-order valence-corrected chi connectivity index (χ1v) is 7.20. The maximum Gasteiger partial charge on any atom is 0.238 e. The molecule has 0 spiro atoms. The zero-order valence-corrected chi connectivity index (χ0v) is 10.2. The van der Waals surface area contributed by atoms with Gasteiger partial charge in [-0.15, -0.1) is 0 Å². The SMILES string of the molecule is CSCCN1C(=O)CNC1c1ccsc1. The standard InChI is InChI=1S/C10H14N2OS2/c1-14-5-3-12-9(13)6-11-10(12)8-2-4-15-7-8/h2,4,7,10-11H,3,5-6H2,1H3. The second kappa shape index (κ2) is 5.01. The van der Waals surface area contributed by atoms with E-state index in [1.165, 1.54) is 5.56 Å². The second-order valence-corrected chi connectivity index (χ2v) is 5.19. The topological polar surface area (TPSA) is 32.3 Å². The van der Waals surface area contributed by atoms with Crippen LogP contribution in [0.5, 0.6) is 0 Å². The van der Waals surface area contributed by atoms with Crippen LogP contribution < -0.4 is 5.32 Å². The number of amides is 1. The van der Waals surface area contributed by atoms with Gasteiger partial charge in [0.1, 0.15) is 6.17 Å². The highest BCUT2D eigenvalue weighted by atomic mass is 32.2. The van der Waals surface area contributed by atoms with Gasteiger partial charge in [0.2, 0.25) is 5.91 Å². The third kappa shape index (κ3) is 2.35. The lowest BCUT2D eigenvalue weighted by atomic mass is 10.2. The van der Waals surface area contributed by atoms with Crippen LogP contribution in [0, 0.1) is 0 Å². The number of rotatable bonds is 4. The molecule has 1 amide bonds. The lowest BCUT2D eigenvalue weighted by molar-refractivity contribution is -0.127. The first kappa shape index (κ1) is 11.0. The second-order valence-electron chi connectivity index (χ2n) is 3.42. The molecular formula is C10H14N2OS2. The average Bonchev–Trinajstić information content (AvgIpc) is 2.84. The van der Waals surface area contributed by atoms with E-state index in [1.54, 1.807) is 23.1 Å². The van der Waals surface area contributed by atoms with Gasteiger partial charge in [-0.05, 0) is 28.6 Å². The highest BCUT2D eigenvalue weighted by Gasteiger charge is 2.30. The van der Waals surface area contributed by atoms with Gasteiger partial charge in [0, 0.05) is 12.3 Å². The third-order valence-electron chi connectivity index (χ3n) is 2.47. The Morgan fingerprint density at radius 1 is 1.73 bits per heavy atom. The minimum Gasteiger partial charge on any atom is -0.321 e. The first-order valence-electron chi connectivity index (χ1n) is 4.87. The molecule has 1 aromatic heterocycles. The average molecular weight is 242 g/mol. The van der Waals surface area contributed by atoms with Crippen molar-refractivity contribution in [2.45, 2.75) is 6.17 Å². The minimum atomic E-state index is 0.0934. The summed E-state index contributed by atoms with van der Waals surface area (Å²) in [7, 11) is 0. The number of hydrogen-bond donors (Lipinski definition) is 1. The summed E-state index contributed by atoms with van der Waals surface area (Å²) < 4.78 is 0. The fourth-order valence-corrected chi connectivity index (χ4v) is 2.77. The van der Waals surface area contributed by atoms with Crippen molar-refractivity contribution in [3.8, 4) is 0 Å². The van der Waals surface area contributed by atoms with Crippen LogP contribution in [0.3, 0.4) is 0 Å². The van der Waals surface area contributed by atoms with Gasteiger partial charge in [0.25, 0.3) is 0 Å². The van der Waals surface area contributed by atoms with Crippen molar-refractivity contribution in [1.29, 1.82) is 0 Å². The largest absolute Gasteiger partial charge is 0.321 e. The lowest BCUT2D eigenvalue weighted by Gasteiger charge is -2.23. The van der Waals surface area contributed by atoms with Gasteiger partial charge in [0.05, 0.1) is 6.54 Å². The molecule has 0 aromatic carbocycles. The molecule has 0 aliphatic carbocycles. The van der Waals surface area contributed by atoms with Gasteiger partial charge >= 0.3 is 0 Å². The van der Waals surface area contributed by atoms with E-state index in [1.807, 2.05) is 10.3 Å². The molecule has 1 saturated heterocycles. The van der Waals surface area contributed by atoms with Crippen molar-refractivity contribution in [3.63, 3.8) is 0 Å². The Labute approximate surface area is 97.8 Å². The molecule has 1 unspecified atom stereocenters. The Morgan fingerprint density at radius 3 is 3.27 bits per heavy atom. The van der Waals surface area contributed by atoms with Gasteiger partial charge in [-0.3, -0.25) is 10.1 Å². The molecule has 5 heteroatoms. The Balaban J connectivity index is 2.07. The van der Waals surface area contributed by atoms with Crippen molar-refractivity contribution in [3.05, 3.63) is 22.4 Å². The molecule has 82 valence electrons. The van der Waals surface area contributed by atoms with E-state index in [2.05, 4.69) is 23.0 Å². The number of carbonyl (C=O) groups excluding carboxylic acids is 1. The van der Waals surface area contributed by atoms with E-state index >= 15 is 0 Å². The van der Waals surface area contributed by atoms with Crippen LogP contribution in [0.1, 0.15) is 11.7 Å². The molecule has 2 rings (SSSR count). The fraction of sp³-hybridized carbons (Fsp3) is 0.500. The molecule has 3 nitrogen and oxygen atoms in total. The highest BCUT2D eigenvalue weighted by Crippen LogP contribution is 2.24. The molecular weight excluding hydrogens is 228 g/mol. The highest BCUT2D eigenvalue weighted by molar-refractivity contribution is 7.98. The number of nitrogens with zero attached hydrogens (tertiary/aromatic N) is 1. The summed E-state index contributed by atoms with van der Waals surface area (Å²) in [5.74, 6) is 1.20. The number of hydrogen-bond acceptors (Lipinski definition) is 4. The van der Waals surface area contributed by atoms with Gasteiger partial charge in [0.15, 0.2) is 0 Å². The van der Waals surface area contributed by atoms with E-state index in [9.17, 15) is 4.79 Å². The molecule has 2 heterocycles. The van der Waals surface area contributed by atoms with Crippen molar-refractivity contribution in [2.24, 2.45) is 0 Å². The van der Waals surface area contributed by atoms with E-state index in [0.717, 1.165) is 12.3 Å². The molecule has 1 aliphatic heterocycles. The van der Waals surface area contributed by atoms with Crippen LogP contribution in [0.25, 0.3) is 0 Å². The third-order valence-corrected chi connectivity index (χ3v) is 3.77. The molecule has 1 N–H and O–H groups in total. The summed E-state index contributed by atoms with van der Waals surface area (Å²) in [6.07, 6.45) is 2.16. The van der Waals surface area contributed by atoms with Crippen LogP contribution in [-0.4, -0.2) is 35.9 Å². The zero-order valence-electron chi connectivity index (χ0n) is 8.60.